The molecule has 1 saturated heterocycles. The fourth-order valence-corrected chi connectivity index (χ4v) is 10.1. The first-order chi connectivity index (χ1) is 19.0. The van der Waals surface area contributed by atoms with E-state index >= 15 is 0 Å². The van der Waals surface area contributed by atoms with E-state index < -0.39 is 44.1 Å². The number of aryl methyl sites for hydroxylation is 1. The van der Waals surface area contributed by atoms with Gasteiger partial charge < -0.3 is 23.7 Å². The molecule has 10 heteroatoms. The topological polar surface area (TPSA) is 112 Å². The first-order valence-corrected chi connectivity index (χ1v) is 15.5. The zero-order valence-electron chi connectivity index (χ0n) is 24.0. The predicted octanol–water partition coefficient (Wildman–Crippen LogP) is 2.10. The average molecular weight is 569 g/mol. The number of nitrogens with one attached hydrogen (secondary N) is 1. The molecule has 4 rings (SSSR count). The molecule has 0 spiro atoms. The van der Waals surface area contributed by atoms with Crippen molar-refractivity contribution in [3.63, 3.8) is 0 Å². The molecule has 2 heterocycles. The van der Waals surface area contributed by atoms with Crippen LogP contribution in [0.5, 0.6) is 0 Å². The van der Waals surface area contributed by atoms with Crippen LogP contribution in [-0.4, -0.2) is 67.7 Å². The molecule has 5 atom stereocenters. The number of benzene rings is 2. The minimum atomic E-state index is -2.91. The largest absolute Gasteiger partial charge is 0.405 e. The molecule has 1 aliphatic heterocycles. The summed E-state index contributed by atoms with van der Waals surface area (Å²) < 4.78 is 26.0. The van der Waals surface area contributed by atoms with Crippen molar-refractivity contribution in [1.29, 1.82) is 0 Å². The van der Waals surface area contributed by atoms with E-state index in [-0.39, 0.29) is 17.7 Å². The van der Waals surface area contributed by atoms with Gasteiger partial charge in [0.25, 0.3) is 13.9 Å². The summed E-state index contributed by atoms with van der Waals surface area (Å²) in [6, 6.07) is 20.4. The molecule has 1 fully saturated rings. The Bertz CT molecular complexity index is 1330. The van der Waals surface area contributed by atoms with Crippen molar-refractivity contribution >= 4 is 18.7 Å². The van der Waals surface area contributed by atoms with Crippen molar-refractivity contribution in [2.24, 2.45) is 0 Å². The molecule has 1 aromatic heterocycles. The van der Waals surface area contributed by atoms with Gasteiger partial charge in [0, 0.05) is 18.9 Å². The van der Waals surface area contributed by atoms with Crippen LogP contribution in [0.3, 0.4) is 0 Å². The van der Waals surface area contributed by atoms with E-state index in [2.05, 4.69) is 50.0 Å². The van der Waals surface area contributed by atoms with Crippen molar-refractivity contribution in [2.75, 3.05) is 20.3 Å². The molecule has 2 aromatic carbocycles. The van der Waals surface area contributed by atoms with Gasteiger partial charge in [-0.3, -0.25) is 14.3 Å². The van der Waals surface area contributed by atoms with E-state index in [0.29, 0.717) is 12.2 Å². The Morgan fingerprint density at radius 1 is 1.05 bits per heavy atom. The Kier molecular flexibility index (Phi) is 9.28. The molecule has 2 unspecified atom stereocenters. The zero-order chi connectivity index (χ0) is 29.1. The molecule has 3 aromatic rings. The van der Waals surface area contributed by atoms with E-state index in [0.717, 1.165) is 10.4 Å². The van der Waals surface area contributed by atoms with Crippen LogP contribution in [0, 0.1) is 6.92 Å². The van der Waals surface area contributed by atoms with Crippen LogP contribution >= 0.6 is 0 Å². The second-order valence-electron chi connectivity index (χ2n) is 11.4. The summed E-state index contributed by atoms with van der Waals surface area (Å²) in [6.45, 7) is 10.3. The molecule has 0 radical (unpaired) electrons. The van der Waals surface area contributed by atoms with E-state index in [1.807, 2.05) is 43.3 Å². The number of hydrogen-bond acceptors (Lipinski definition) is 7. The number of hydrogen-bond donors (Lipinski definition) is 2. The van der Waals surface area contributed by atoms with Crippen LogP contribution in [0.1, 0.15) is 39.5 Å². The number of methoxy groups -OCH3 is 1. The smallest absolute Gasteiger partial charge is 0.330 e. The molecule has 40 heavy (non-hydrogen) atoms. The quantitative estimate of drug-likeness (QED) is 0.360. The monoisotopic (exact) mass is 568 g/mol. The summed E-state index contributed by atoms with van der Waals surface area (Å²) in [5.74, 6) is 0. The minimum Gasteiger partial charge on any atom is -0.405 e. The number of rotatable bonds is 10. The molecular formula is C30H40N2O7Si. The maximum Gasteiger partial charge on any atom is 0.330 e. The normalized spacial score (nSPS) is 22.4. The molecule has 0 saturated carbocycles. The average Bonchev–Trinajstić information content (AvgIpc) is 3.21. The third-order valence-electron chi connectivity index (χ3n) is 7.40. The standard InChI is InChI=1S/C30H40N2O7Si/c1-20-17-32(29(35)31-27(20)34)28-26(38-21(2)18-36-6)25(33)24(39-28)19-37-40(30(3,4)5,22-13-9-7-10-14-22)23-15-11-8-12-16-23/h7-17,21,24-26,28,33H,18-19H2,1-6H3,(H,31,34,35)/t21?,24-,25?,26+,28-/m1/s1. The minimum absolute atomic E-state index is 0.0700. The Balaban J connectivity index is 1.72. The van der Waals surface area contributed by atoms with Crippen molar-refractivity contribution in [3.05, 3.63) is 93.3 Å². The Morgan fingerprint density at radius 2 is 1.62 bits per heavy atom. The Morgan fingerprint density at radius 3 is 2.15 bits per heavy atom. The lowest BCUT2D eigenvalue weighted by Gasteiger charge is -2.43. The number of aromatic amines is 1. The number of aliphatic hydroxyl groups is 1. The maximum atomic E-state index is 12.8. The summed E-state index contributed by atoms with van der Waals surface area (Å²) in [5.41, 5.74) is -0.778. The third-order valence-corrected chi connectivity index (χ3v) is 12.4. The van der Waals surface area contributed by atoms with Gasteiger partial charge in [0.15, 0.2) is 6.23 Å². The second kappa shape index (κ2) is 12.3. The van der Waals surface area contributed by atoms with Gasteiger partial charge in [-0.05, 0) is 29.3 Å². The lowest BCUT2D eigenvalue weighted by molar-refractivity contribution is -0.111. The number of aromatic nitrogens is 2. The summed E-state index contributed by atoms with van der Waals surface area (Å²) in [5, 5.41) is 13.4. The van der Waals surface area contributed by atoms with Gasteiger partial charge in [0.2, 0.25) is 0 Å². The number of nitrogens with zero attached hydrogens (tertiary/aromatic N) is 1. The number of H-pyrrole nitrogens is 1. The lowest BCUT2D eigenvalue weighted by Crippen LogP contribution is -2.67. The van der Waals surface area contributed by atoms with Crippen molar-refractivity contribution in [2.45, 2.75) is 70.3 Å². The molecule has 0 amide bonds. The second-order valence-corrected chi connectivity index (χ2v) is 15.7. The first kappa shape index (κ1) is 30.1. The van der Waals surface area contributed by atoms with E-state index in [1.165, 1.54) is 10.8 Å². The Hall–Kier alpha value is -2.86. The zero-order valence-corrected chi connectivity index (χ0v) is 25.0. The van der Waals surface area contributed by atoms with Crippen LogP contribution in [0.2, 0.25) is 5.04 Å². The Labute approximate surface area is 235 Å². The van der Waals surface area contributed by atoms with Gasteiger partial charge >= 0.3 is 5.69 Å². The maximum absolute atomic E-state index is 12.8. The number of aliphatic hydroxyl groups excluding tert-OH is 1. The van der Waals surface area contributed by atoms with Crippen LogP contribution < -0.4 is 21.6 Å². The summed E-state index contributed by atoms with van der Waals surface area (Å²) in [4.78, 5) is 27.2. The van der Waals surface area contributed by atoms with Gasteiger partial charge in [-0.2, -0.15) is 0 Å². The first-order valence-electron chi connectivity index (χ1n) is 13.5. The highest BCUT2D eigenvalue weighted by Crippen LogP contribution is 2.38. The summed E-state index contributed by atoms with van der Waals surface area (Å²) in [6.07, 6.45) is -2.74. The van der Waals surface area contributed by atoms with Crippen LogP contribution in [0.4, 0.5) is 0 Å². The molecule has 2 N–H and O–H groups in total. The van der Waals surface area contributed by atoms with Gasteiger partial charge in [-0.1, -0.05) is 81.4 Å². The van der Waals surface area contributed by atoms with Crippen LogP contribution in [0.25, 0.3) is 0 Å². The lowest BCUT2D eigenvalue weighted by atomic mass is 10.1. The predicted molar refractivity (Wildman–Crippen MR) is 156 cm³/mol. The highest BCUT2D eigenvalue weighted by molar-refractivity contribution is 6.99. The van der Waals surface area contributed by atoms with Crippen LogP contribution in [0.15, 0.2) is 76.4 Å². The molecule has 0 aliphatic carbocycles. The molecule has 1 aliphatic rings. The van der Waals surface area contributed by atoms with Crippen molar-refractivity contribution in [3.8, 4) is 0 Å². The van der Waals surface area contributed by atoms with E-state index in [4.69, 9.17) is 18.6 Å². The van der Waals surface area contributed by atoms with Gasteiger partial charge in [0.1, 0.15) is 18.3 Å². The van der Waals surface area contributed by atoms with Gasteiger partial charge in [-0.15, -0.1) is 0 Å². The van der Waals surface area contributed by atoms with Crippen LogP contribution in [-0.2, 0) is 18.6 Å². The van der Waals surface area contributed by atoms with Crippen molar-refractivity contribution < 1.29 is 23.7 Å². The molecular weight excluding hydrogens is 528 g/mol. The highest BCUT2D eigenvalue weighted by Gasteiger charge is 2.53. The van der Waals surface area contributed by atoms with Crippen molar-refractivity contribution in [1.82, 2.24) is 9.55 Å². The van der Waals surface area contributed by atoms with Gasteiger partial charge in [-0.25, -0.2) is 4.79 Å². The molecule has 9 nitrogen and oxygen atoms in total. The third kappa shape index (κ3) is 5.92. The fourth-order valence-electron chi connectivity index (χ4n) is 5.51. The van der Waals surface area contributed by atoms with E-state index in [1.54, 1.807) is 14.0 Å². The highest BCUT2D eigenvalue weighted by atomic mass is 28.4. The number of ether oxygens (including phenoxy) is 3. The fraction of sp³-hybridized carbons (Fsp3) is 0.467. The van der Waals surface area contributed by atoms with Gasteiger partial charge in [0.05, 0.1) is 19.3 Å². The van der Waals surface area contributed by atoms with E-state index in [9.17, 15) is 14.7 Å². The summed E-state index contributed by atoms with van der Waals surface area (Å²) >= 11 is 0. The molecule has 216 valence electrons. The SMILES string of the molecule is COCC(C)O[C@H]1C(O)[C@@H](CO[Si](c2ccccc2)(c2ccccc2)C(C)(C)C)O[C@H]1n1cc(C)c(=O)[nH]c1=O. The molecule has 0 bridgehead atoms. The summed E-state index contributed by atoms with van der Waals surface area (Å²) in [7, 11) is -1.34.